The van der Waals surface area contributed by atoms with Crippen molar-refractivity contribution in [3.8, 4) is 11.5 Å². The number of amides is 5. The molecule has 0 bridgehead atoms. The first-order chi connectivity index (χ1) is 27.7. The minimum Gasteiger partial charge on any atom is -0.486 e. The number of nitrogens with zero attached hydrogens (tertiary/aromatic N) is 4. The zero-order valence-corrected chi connectivity index (χ0v) is 34.7. The van der Waals surface area contributed by atoms with E-state index >= 15 is 0 Å². The van der Waals surface area contributed by atoms with Crippen LogP contribution in [0, 0.1) is 18.3 Å². The van der Waals surface area contributed by atoms with E-state index < -0.39 is 41.6 Å². The maximum atomic E-state index is 14.5. The average Bonchev–Trinajstić information content (AvgIpc) is 3.54. The smallest absolute Gasteiger partial charge is 0.407 e. The number of carbonyl (C=O) groups excluding carboxylic acids is 4. The number of hydrogen-bond donors (Lipinski definition) is 4. The highest BCUT2D eigenvalue weighted by atomic mass is 16.6. The van der Waals surface area contributed by atoms with Gasteiger partial charge in [0, 0.05) is 31.9 Å². The number of nitrogens with one attached hydrogen (secondary N) is 3. The molecule has 2 aromatic carbocycles. The summed E-state index contributed by atoms with van der Waals surface area (Å²) in [6, 6.07) is 17.8. The number of methoxy groups -OCH3 is 1. The standard InChI is InChI=1S/C43H59N7O8/c1-8-28(2)37(50-20-19-48(42(50)55)26-32-16-12-13-29(3)44-32)39(52)45-33(23-30-14-10-9-11-15-30)34(51)27-49(25-31-17-18-35-36(24-31)58-22-21-57-35)47-40(53)38(43(4,5)6)46-41(54)56-7/h9-18,24,28,33-34,37-38,51H,8,19-23,25-27H2,1-7H3,(H,45,52)(H,46,54)(H,47,53)/t28-,33-,34-,37-,38+/m0/s1. The van der Waals surface area contributed by atoms with Crippen molar-refractivity contribution in [3.05, 3.63) is 89.2 Å². The van der Waals surface area contributed by atoms with Crippen molar-refractivity contribution in [1.29, 1.82) is 0 Å². The van der Waals surface area contributed by atoms with Crippen LogP contribution in [0.15, 0.2) is 66.7 Å². The van der Waals surface area contributed by atoms with Crippen molar-refractivity contribution in [2.24, 2.45) is 11.3 Å². The molecule has 1 fully saturated rings. The number of carbonyl (C=O) groups is 4. The Morgan fingerprint density at radius 2 is 1.67 bits per heavy atom. The second-order valence-electron chi connectivity index (χ2n) is 16.1. The molecule has 3 aromatic rings. The molecule has 0 spiro atoms. The van der Waals surface area contributed by atoms with Gasteiger partial charge in [-0.25, -0.2) is 14.6 Å². The zero-order chi connectivity index (χ0) is 42.0. The van der Waals surface area contributed by atoms with E-state index in [1.807, 2.05) is 102 Å². The fourth-order valence-electron chi connectivity index (χ4n) is 7.22. The third-order valence-electron chi connectivity index (χ3n) is 10.5. The van der Waals surface area contributed by atoms with Crippen LogP contribution in [0.3, 0.4) is 0 Å². The van der Waals surface area contributed by atoms with Gasteiger partial charge in [0.1, 0.15) is 25.3 Å². The van der Waals surface area contributed by atoms with Crippen molar-refractivity contribution >= 4 is 23.9 Å². The van der Waals surface area contributed by atoms with Crippen molar-refractivity contribution in [3.63, 3.8) is 0 Å². The lowest BCUT2D eigenvalue weighted by Gasteiger charge is -2.36. The summed E-state index contributed by atoms with van der Waals surface area (Å²) >= 11 is 0. The van der Waals surface area contributed by atoms with Crippen LogP contribution in [0.2, 0.25) is 0 Å². The van der Waals surface area contributed by atoms with Crippen molar-refractivity contribution < 1.29 is 38.5 Å². The van der Waals surface area contributed by atoms with Gasteiger partial charge in [-0.1, -0.05) is 83.5 Å². The normalized spacial score (nSPS) is 16.6. The Morgan fingerprint density at radius 3 is 2.34 bits per heavy atom. The lowest BCUT2D eigenvalue weighted by molar-refractivity contribution is -0.132. The van der Waals surface area contributed by atoms with Gasteiger partial charge >= 0.3 is 12.1 Å². The Labute approximate surface area is 341 Å². The molecular weight excluding hydrogens is 743 g/mol. The molecular formula is C43H59N7O8. The quantitative estimate of drug-likeness (QED) is 0.145. The number of alkyl carbamates (subject to hydrolysis) is 1. The first-order valence-corrected chi connectivity index (χ1v) is 20.0. The topological polar surface area (TPSA) is 175 Å². The van der Waals surface area contributed by atoms with E-state index in [0.717, 1.165) is 22.5 Å². The highest BCUT2D eigenvalue weighted by Gasteiger charge is 2.41. The van der Waals surface area contributed by atoms with E-state index in [0.29, 0.717) is 50.8 Å². The molecule has 314 valence electrons. The Hall–Kier alpha value is -5.41. The molecule has 0 unspecified atom stereocenters. The average molecular weight is 802 g/mol. The van der Waals surface area contributed by atoms with Crippen LogP contribution in [-0.2, 0) is 33.8 Å². The van der Waals surface area contributed by atoms with Gasteiger partial charge in [-0.2, -0.15) is 0 Å². The molecule has 15 nitrogen and oxygen atoms in total. The maximum Gasteiger partial charge on any atom is 0.407 e. The Kier molecular flexibility index (Phi) is 14.9. The molecule has 2 aliphatic heterocycles. The van der Waals surface area contributed by atoms with E-state index in [4.69, 9.17) is 14.2 Å². The Balaban J connectivity index is 1.41. The number of hydrazine groups is 1. The van der Waals surface area contributed by atoms with E-state index in [9.17, 15) is 24.3 Å². The second-order valence-corrected chi connectivity index (χ2v) is 16.1. The number of aromatic nitrogens is 1. The number of aliphatic hydroxyl groups is 1. The monoisotopic (exact) mass is 801 g/mol. The van der Waals surface area contributed by atoms with Gasteiger partial charge in [-0.15, -0.1) is 0 Å². The number of aryl methyl sites for hydroxylation is 1. The first kappa shape index (κ1) is 43.7. The molecule has 0 aliphatic carbocycles. The lowest BCUT2D eigenvalue weighted by Crippen LogP contribution is -2.60. The van der Waals surface area contributed by atoms with Crippen LogP contribution >= 0.6 is 0 Å². The number of hydrogen-bond acceptors (Lipinski definition) is 10. The predicted molar refractivity (Wildman–Crippen MR) is 218 cm³/mol. The van der Waals surface area contributed by atoms with E-state index in [-0.39, 0.29) is 37.4 Å². The number of rotatable bonds is 17. The number of ether oxygens (including phenoxy) is 3. The highest BCUT2D eigenvalue weighted by molar-refractivity contribution is 5.88. The Morgan fingerprint density at radius 1 is 0.948 bits per heavy atom. The minimum atomic E-state index is -1.22. The fraction of sp³-hybridized carbons (Fsp3) is 0.512. The van der Waals surface area contributed by atoms with Crippen LogP contribution < -0.4 is 25.5 Å². The number of fused-ring (bicyclic) bond motifs is 1. The summed E-state index contributed by atoms with van der Waals surface area (Å²) in [5.41, 5.74) is 5.47. The van der Waals surface area contributed by atoms with Crippen molar-refractivity contribution in [1.82, 2.24) is 35.9 Å². The van der Waals surface area contributed by atoms with Gasteiger partial charge in [0.2, 0.25) is 5.91 Å². The molecule has 2 aliphatic rings. The summed E-state index contributed by atoms with van der Waals surface area (Å²) in [5, 5.41) is 19.5. The third kappa shape index (κ3) is 11.6. The largest absolute Gasteiger partial charge is 0.486 e. The van der Waals surface area contributed by atoms with Crippen molar-refractivity contribution in [2.45, 2.75) is 91.7 Å². The summed E-state index contributed by atoms with van der Waals surface area (Å²) < 4.78 is 16.3. The molecule has 0 saturated carbocycles. The lowest BCUT2D eigenvalue weighted by atomic mass is 9.86. The molecule has 5 atom stereocenters. The zero-order valence-electron chi connectivity index (χ0n) is 34.7. The molecule has 1 saturated heterocycles. The van der Waals surface area contributed by atoms with E-state index in [1.54, 1.807) is 20.9 Å². The fourth-order valence-corrected chi connectivity index (χ4v) is 7.22. The summed E-state index contributed by atoms with van der Waals surface area (Å²) in [7, 11) is 1.23. The molecule has 3 heterocycles. The maximum absolute atomic E-state index is 14.5. The molecule has 0 radical (unpaired) electrons. The van der Waals surface area contributed by atoms with Gasteiger partial charge in [-0.05, 0) is 60.1 Å². The van der Waals surface area contributed by atoms with Gasteiger partial charge in [0.15, 0.2) is 11.5 Å². The number of aliphatic hydroxyl groups excluding tert-OH is 1. The Bertz CT molecular complexity index is 1870. The first-order valence-electron chi connectivity index (χ1n) is 20.0. The molecule has 15 heteroatoms. The number of urea groups is 1. The van der Waals surface area contributed by atoms with Gasteiger partial charge in [-0.3, -0.25) is 20.0 Å². The molecule has 5 amide bonds. The van der Waals surface area contributed by atoms with Gasteiger partial charge in [0.05, 0.1) is 31.5 Å². The molecule has 58 heavy (non-hydrogen) atoms. The van der Waals surface area contributed by atoms with Crippen LogP contribution in [0.25, 0.3) is 0 Å². The predicted octanol–water partition coefficient (Wildman–Crippen LogP) is 4.21. The molecule has 4 N–H and O–H groups in total. The van der Waals surface area contributed by atoms with Gasteiger partial charge in [0.25, 0.3) is 5.91 Å². The molecule has 1 aromatic heterocycles. The summed E-state index contributed by atoms with van der Waals surface area (Å²) in [4.78, 5) is 62.6. The highest BCUT2D eigenvalue weighted by Crippen LogP contribution is 2.31. The van der Waals surface area contributed by atoms with Gasteiger partial charge < -0.3 is 39.8 Å². The third-order valence-corrected chi connectivity index (χ3v) is 10.5. The van der Waals surface area contributed by atoms with E-state index in [2.05, 4.69) is 21.0 Å². The summed E-state index contributed by atoms with van der Waals surface area (Å²) in [6.07, 6.45) is -1.09. The van der Waals surface area contributed by atoms with Crippen LogP contribution in [0.1, 0.15) is 63.6 Å². The molecule has 5 rings (SSSR count). The summed E-state index contributed by atoms with van der Waals surface area (Å²) in [5.74, 6) is 0.0644. The number of benzene rings is 2. The van der Waals surface area contributed by atoms with E-state index in [1.165, 1.54) is 7.11 Å². The minimum absolute atomic E-state index is 0.124. The van der Waals surface area contributed by atoms with Crippen LogP contribution in [0.4, 0.5) is 9.59 Å². The SMILES string of the molecule is CC[C@H](C)[C@@H](C(=O)N[C@@H](Cc1ccccc1)[C@@H](O)CN(Cc1ccc2c(c1)OCCO2)NC(=O)[C@@H](NC(=O)OC)C(C)(C)C)N1CCN(Cc2cccc(C)n2)C1=O. The van der Waals surface area contributed by atoms with Crippen LogP contribution in [0.5, 0.6) is 11.5 Å². The number of pyridine rings is 1. The second kappa shape index (κ2) is 19.8. The summed E-state index contributed by atoms with van der Waals surface area (Å²) in [6.45, 7) is 13.3. The van der Waals surface area contributed by atoms with Crippen molar-refractivity contribution in [2.75, 3.05) is 40.0 Å². The van der Waals surface area contributed by atoms with Crippen LogP contribution in [-0.4, -0.2) is 113 Å².